The van der Waals surface area contributed by atoms with E-state index in [1.165, 1.54) is 10.5 Å². The van der Waals surface area contributed by atoms with Gasteiger partial charge in [0.25, 0.3) is 0 Å². The van der Waals surface area contributed by atoms with E-state index in [1.807, 2.05) is 56.8 Å². The summed E-state index contributed by atoms with van der Waals surface area (Å²) in [5, 5.41) is 0.215. The molecule has 0 saturated heterocycles. The molecule has 0 saturated carbocycles. The lowest BCUT2D eigenvalue weighted by Crippen LogP contribution is -2.34. The fourth-order valence-electron chi connectivity index (χ4n) is 4.52. The third kappa shape index (κ3) is 4.06. The molecule has 2 aliphatic rings. The van der Waals surface area contributed by atoms with E-state index in [-0.39, 0.29) is 22.2 Å². The predicted molar refractivity (Wildman–Crippen MR) is 117 cm³/mol. The van der Waals surface area contributed by atoms with Crippen molar-refractivity contribution in [2.75, 3.05) is 5.75 Å². The predicted octanol–water partition coefficient (Wildman–Crippen LogP) is 6.75. The van der Waals surface area contributed by atoms with Gasteiger partial charge in [0, 0.05) is 16.1 Å². The van der Waals surface area contributed by atoms with Crippen LogP contribution < -0.4 is 0 Å². The summed E-state index contributed by atoms with van der Waals surface area (Å²) in [5.74, 6) is 0.381. The maximum atomic E-state index is 14.7. The Morgan fingerprint density at radius 3 is 2.72 bits per heavy atom. The molecule has 2 aromatic carbocycles. The summed E-state index contributed by atoms with van der Waals surface area (Å²) in [7, 11) is 0. The Morgan fingerprint density at radius 1 is 1.17 bits per heavy atom. The fourth-order valence-corrected chi connectivity index (χ4v) is 6.09. The van der Waals surface area contributed by atoms with Crippen LogP contribution in [0.5, 0.6) is 0 Å². The Morgan fingerprint density at radius 2 is 1.97 bits per heavy atom. The average molecular weight is 433 g/mol. The number of hydrogen-bond acceptors (Lipinski definition) is 3. The first-order valence-corrected chi connectivity index (χ1v) is 11.5. The maximum absolute atomic E-state index is 14.7. The van der Waals surface area contributed by atoms with Crippen LogP contribution in [-0.2, 0) is 23.0 Å². The molecule has 2 nitrogen and oxygen atoms in total. The molecule has 0 fully saturated rings. The largest absolute Gasteiger partial charge is 0.456 e. The van der Waals surface area contributed by atoms with Gasteiger partial charge in [-0.2, -0.15) is 0 Å². The van der Waals surface area contributed by atoms with Crippen molar-refractivity contribution in [3.63, 3.8) is 0 Å². The molecule has 1 aliphatic heterocycles. The van der Waals surface area contributed by atoms with E-state index in [1.54, 1.807) is 6.07 Å². The second-order valence-electron chi connectivity index (χ2n) is 9.13. The highest BCUT2D eigenvalue weighted by Gasteiger charge is 2.39. The number of carbonyl (C=O) groups excluding carboxylic acids is 1. The number of ether oxygens (including phenoxy) is 1. The van der Waals surface area contributed by atoms with Gasteiger partial charge < -0.3 is 4.74 Å². The molecule has 1 heterocycles. The Bertz CT molecular complexity index is 966. The van der Waals surface area contributed by atoms with Gasteiger partial charge in [-0.1, -0.05) is 17.7 Å². The summed E-state index contributed by atoms with van der Waals surface area (Å²) < 4.78 is 20.2. The van der Waals surface area contributed by atoms with E-state index in [2.05, 4.69) is 0 Å². The molecule has 4 rings (SSSR count). The first-order valence-electron chi connectivity index (χ1n) is 10.1. The van der Waals surface area contributed by atoms with Crippen molar-refractivity contribution >= 4 is 29.3 Å². The number of carbonyl (C=O) groups is 1. The van der Waals surface area contributed by atoms with Crippen LogP contribution in [0.3, 0.4) is 0 Å². The lowest BCUT2D eigenvalue weighted by molar-refractivity contribution is 0.00693. The van der Waals surface area contributed by atoms with Gasteiger partial charge >= 0.3 is 5.97 Å². The monoisotopic (exact) mass is 432 g/mol. The molecule has 0 N–H and O–H groups in total. The molecule has 1 aliphatic carbocycles. The van der Waals surface area contributed by atoms with E-state index in [0.717, 1.165) is 49.0 Å². The van der Waals surface area contributed by atoms with Crippen molar-refractivity contribution < 1.29 is 13.9 Å². The number of hydrogen-bond donors (Lipinski definition) is 0. The minimum atomic E-state index is -0.514. The molecule has 0 radical (unpaired) electrons. The van der Waals surface area contributed by atoms with E-state index < -0.39 is 5.60 Å². The Balaban J connectivity index is 1.63. The van der Waals surface area contributed by atoms with E-state index >= 15 is 0 Å². The second kappa shape index (κ2) is 7.63. The molecule has 1 unspecified atom stereocenters. The van der Waals surface area contributed by atoms with E-state index in [0.29, 0.717) is 5.56 Å². The van der Waals surface area contributed by atoms with E-state index in [4.69, 9.17) is 16.3 Å². The highest BCUT2D eigenvalue weighted by molar-refractivity contribution is 7.99. The summed E-state index contributed by atoms with van der Waals surface area (Å²) in [6.45, 7) is 5.62. The van der Waals surface area contributed by atoms with Crippen LogP contribution in [0.4, 0.5) is 4.39 Å². The molecule has 5 heteroatoms. The number of benzene rings is 2. The van der Waals surface area contributed by atoms with Crippen LogP contribution in [-0.4, -0.2) is 17.3 Å². The lowest BCUT2D eigenvalue weighted by atomic mass is 9.68. The van der Waals surface area contributed by atoms with Gasteiger partial charge in [-0.15, -0.1) is 11.8 Å². The molecule has 0 bridgehead atoms. The van der Waals surface area contributed by atoms with Gasteiger partial charge in [-0.25, -0.2) is 9.18 Å². The second-order valence-corrected chi connectivity index (χ2v) is 10.6. The maximum Gasteiger partial charge on any atom is 0.338 e. The van der Waals surface area contributed by atoms with Gasteiger partial charge in [-0.05, 0) is 93.8 Å². The fraction of sp³-hybridized carbons (Fsp3) is 0.458. The zero-order valence-electron chi connectivity index (χ0n) is 17.1. The van der Waals surface area contributed by atoms with Crippen molar-refractivity contribution in [3.05, 3.63) is 63.4 Å². The molecule has 1 spiro atoms. The Labute approximate surface area is 181 Å². The van der Waals surface area contributed by atoms with Crippen LogP contribution in [0.25, 0.3) is 0 Å². The highest BCUT2D eigenvalue weighted by Crippen LogP contribution is 2.48. The normalized spacial score (nSPS) is 21.3. The molecule has 154 valence electrons. The van der Waals surface area contributed by atoms with Crippen molar-refractivity contribution in [1.29, 1.82) is 0 Å². The zero-order chi connectivity index (χ0) is 20.8. The lowest BCUT2D eigenvalue weighted by Gasteiger charge is -2.38. The summed E-state index contributed by atoms with van der Waals surface area (Å²) in [5.41, 5.74) is 3.13. The summed E-state index contributed by atoms with van der Waals surface area (Å²) >= 11 is 7.86. The van der Waals surface area contributed by atoms with Crippen molar-refractivity contribution in [1.82, 2.24) is 0 Å². The number of esters is 1. The molecule has 2 aromatic rings. The number of halogens is 2. The first-order chi connectivity index (χ1) is 13.7. The third-order valence-corrected chi connectivity index (χ3v) is 7.62. The number of thioether (sulfide) groups is 1. The third-order valence-electron chi connectivity index (χ3n) is 5.92. The van der Waals surface area contributed by atoms with Gasteiger partial charge in [0.2, 0.25) is 0 Å². The quantitative estimate of drug-likeness (QED) is 0.466. The zero-order valence-corrected chi connectivity index (χ0v) is 18.7. The standard InChI is InChI=1S/C24H26ClFO2S/c1-23(2,3)28-22(27)16-6-9-20-15(13-16)10-12-24(14-29-20)11-4-5-17-18(24)7-8-19(25)21(17)26/h6-9,13H,4-5,10-12,14H2,1-3H3. The summed E-state index contributed by atoms with van der Waals surface area (Å²) in [6, 6.07) is 9.59. The van der Waals surface area contributed by atoms with Gasteiger partial charge in [0.05, 0.1) is 10.6 Å². The van der Waals surface area contributed by atoms with Gasteiger partial charge in [-0.3, -0.25) is 0 Å². The van der Waals surface area contributed by atoms with E-state index in [9.17, 15) is 9.18 Å². The molecule has 1 atom stereocenters. The minimum Gasteiger partial charge on any atom is -0.456 e. The topological polar surface area (TPSA) is 26.3 Å². The van der Waals surface area contributed by atoms with Crippen molar-refractivity contribution in [3.8, 4) is 0 Å². The Kier molecular flexibility index (Phi) is 5.45. The van der Waals surface area contributed by atoms with Crippen LogP contribution >= 0.6 is 23.4 Å². The van der Waals surface area contributed by atoms with Crippen LogP contribution in [0.2, 0.25) is 5.02 Å². The Hall–Kier alpha value is -1.52. The summed E-state index contributed by atoms with van der Waals surface area (Å²) in [6.07, 6.45) is 4.59. The summed E-state index contributed by atoms with van der Waals surface area (Å²) in [4.78, 5) is 13.7. The molecular weight excluding hydrogens is 407 g/mol. The molecule has 29 heavy (non-hydrogen) atoms. The van der Waals surface area contributed by atoms with Crippen LogP contribution in [0.1, 0.15) is 67.1 Å². The number of rotatable bonds is 1. The highest BCUT2D eigenvalue weighted by atomic mass is 35.5. The van der Waals surface area contributed by atoms with Gasteiger partial charge in [0.1, 0.15) is 11.4 Å². The first kappa shape index (κ1) is 20.7. The van der Waals surface area contributed by atoms with Crippen LogP contribution in [0.15, 0.2) is 35.2 Å². The number of aryl methyl sites for hydroxylation is 1. The minimum absolute atomic E-state index is 0.0468. The molecule has 0 amide bonds. The van der Waals surface area contributed by atoms with Crippen molar-refractivity contribution in [2.45, 2.75) is 68.8 Å². The molecular formula is C24H26ClFO2S. The SMILES string of the molecule is CC(C)(C)OC(=O)c1ccc2c(c1)CCC1(CCCc3c1ccc(Cl)c3F)CS2. The van der Waals surface area contributed by atoms with Gasteiger partial charge in [0.15, 0.2) is 0 Å². The van der Waals surface area contributed by atoms with Crippen LogP contribution in [0, 0.1) is 5.82 Å². The number of fused-ring (bicyclic) bond motifs is 3. The van der Waals surface area contributed by atoms with Crippen molar-refractivity contribution in [2.24, 2.45) is 0 Å². The smallest absolute Gasteiger partial charge is 0.338 e. The molecule has 0 aromatic heterocycles. The average Bonchev–Trinajstić information content (AvgIpc) is 2.84.